The Morgan fingerprint density at radius 1 is 1.50 bits per heavy atom. The molecule has 1 N–H and O–H groups in total. The topological polar surface area (TPSA) is 41.6 Å². The van der Waals surface area contributed by atoms with Crippen LogP contribution < -0.4 is 15.0 Å². The molecule has 0 aliphatic carbocycles. The van der Waals surface area contributed by atoms with Gasteiger partial charge in [0.15, 0.2) is 6.61 Å². The maximum Gasteiger partial charge on any atom is 0.264 e. The summed E-state index contributed by atoms with van der Waals surface area (Å²) in [4.78, 5) is 13.1. The van der Waals surface area contributed by atoms with Crippen molar-refractivity contribution >= 4 is 11.6 Å². The first-order valence-electron chi connectivity index (χ1n) is 5.34. The molecule has 0 bridgehead atoms. The van der Waals surface area contributed by atoms with Crippen molar-refractivity contribution in [1.82, 2.24) is 5.32 Å². The van der Waals surface area contributed by atoms with E-state index in [4.69, 9.17) is 4.74 Å². The smallest absolute Gasteiger partial charge is 0.264 e. The predicted octanol–water partition coefficient (Wildman–Crippen LogP) is 1.32. The Bertz CT molecular complexity index is 417. The standard InChI is InChI=1S/C12H16N2O2/c1-8(13-2)9-4-5-11-10(6-9)14(3)12(15)7-16-11/h4-6,8,13H,7H2,1-3H3. The van der Waals surface area contributed by atoms with E-state index in [9.17, 15) is 4.79 Å². The second kappa shape index (κ2) is 4.14. The SMILES string of the molecule is CNC(C)c1ccc2c(c1)N(C)C(=O)CO2. The van der Waals surface area contributed by atoms with Gasteiger partial charge in [0.05, 0.1) is 5.69 Å². The van der Waals surface area contributed by atoms with E-state index in [1.807, 2.05) is 25.2 Å². The molecule has 4 nitrogen and oxygen atoms in total. The first-order chi connectivity index (χ1) is 7.63. The molecule has 4 heteroatoms. The molecule has 2 rings (SSSR count). The number of hydrogen-bond donors (Lipinski definition) is 1. The van der Waals surface area contributed by atoms with Gasteiger partial charge in [0.25, 0.3) is 5.91 Å². The number of fused-ring (bicyclic) bond motifs is 1. The van der Waals surface area contributed by atoms with E-state index in [-0.39, 0.29) is 18.6 Å². The van der Waals surface area contributed by atoms with Gasteiger partial charge in [-0.3, -0.25) is 4.79 Å². The van der Waals surface area contributed by atoms with Crippen LogP contribution in [0.4, 0.5) is 5.69 Å². The lowest BCUT2D eigenvalue weighted by molar-refractivity contribution is -0.120. The summed E-state index contributed by atoms with van der Waals surface area (Å²) in [5, 5.41) is 3.17. The van der Waals surface area contributed by atoms with Gasteiger partial charge in [-0.25, -0.2) is 0 Å². The molecular weight excluding hydrogens is 204 g/mol. The van der Waals surface area contributed by atoms with Gasteiger partial charge >= 0.3 is 0 Å². The molecule has 1 heterocycles. The van der Waals surface area contributed by atoms with E-state index < -0.39 is 0 Å². The van der Waals surface area contributed by atoms with E-state index in [1.54, 1.807) is 11.9 Å². The highest BCUT2D eigenvalue weighted by Crippen LogP contribution is 2.33. The molecular formula is C12H16N2O2. The molecule has 1 aliphatic heterocycles. The molecule has 1 amide bonds. The number of nitrogens with one attached hydrogen (secondary N) is 1. The van der Waals surface area contributed by atoms with Crippen molar-refractivity contribution in [2.75, 3.05) is 25.6 Å². The van der Waals surface area contributed by atoms with Gasteiger partial charge in [-0.2, -0.15) is 0 Å². The number of hydrogen-bond acceptors (Lipinski definition) is 3. The fourth-order valence-electron chi connectivity index (χ4n) is 1.73. The van der Waals surface area contributed by atoms with Crippen molar-refractivity contribution in [2.45, 2.75) is 13.0 Å². The number of carbonyl (C=O) groups is 1. The van der Waals surface area contributed by atoms with Crippen LogP contribution in [0, 0.1) is 0 Å². The summed E-state index contributed by atoms with van der Waals surface area (Å²) in [5.74, 6) is 0.760. The van der Waals surface area contributed by atoms with Crippen molar-refractivity contribution in [3.8, 4) is 5.75 Å². The molecule has 86 valence electrons. The molecule has 1 aliphatic rings. The molecule has 0 spiro atoms. The lowest BCUT2D eigenvalue weighted by Crippen LogP contribution is -2.35. The third kappa shape index (κ3) is 1.76. The second-order valence-corrected chi connectivity index (χ2v) is 3.98. The molecule has 1 aromatic carbocycles. The van der Waals surface area contributed by atoms with Gasteiger partial charge in [-0.05, 0) is 31.7 Å². The van der Waals surface area contributed by atoms with Gasteiger partial charge in [-0.15, -0.1) is 0 Å². The minimum absolute atomic E-state index is 0.0123. The summed E-state index contributed by atoms with van der Waals surface area (Å²) in [7, 11) is 3.69. The van der Waals surface area contributed by atoms with Gasteiger partial charge in [0.1, 0.15) is 5.75 Å². The number of carbonyl (C=O) groups excluding carboxylic acids is 1. The zero-order chi connectivity index (χ0) is 11.7. The minimum Gasteiger partial charge on any atom is -0.482 e. The van der Waals surface area contributed by atoms with Crippen molar-refractivity contribution in [3.05, 3.63) is 23.8 Å². The maximum atomic E-state index is 11.5. The van der Waals surface area contributed by atoms with Gasteiger partial charge in [0.2, 0.25) is 0 Å². The summed E-state index contributed by atoms with van der Waals surface area (Å²) in [6.45, 7) is 2.21. The lowest BCUT2D eigenvalue weighted by Gasteiger charge is -2.27. The first-order valence-corrected chi connectivity index (χ1v) is 5.34. The Balaban J connectivity index is 2.40. The zero-order valence-electron chi connectivity index (χ0n) is 9.78. The van der Waals surface area contributed by atoms with Crippen LogP contribution in [0.15, 0.2) is 18.2 Å². The van der Waals surface area contributed by atoms with Crippen molar-refractivity contribution in [2.24, 2.45) is 0 Å². The van der Waals surface area contributed by atoms with Crippen molar-refractivity contribution < 1.29 is 9.53 Å². The third-order valence-corrected chi connectivity index (χ3v) is 3.00. The number of likely N-dealkylation sites (N-methyl/N-ethyl adjacent to an activating group) is 1. The molecule has 0 saturated heterocycles. The van der Waals surface area contributed by atoms with Crippen LogP contribution in [0.1, 0.15) is 18.5 Å². The highest BCUT2D eigenvalue weighted by molar-refractivity contribution is 5.97. The van der Waals surface area contributed by atoms with Gasteiger partial charge < -0.3 is 15.0 Å². The van der Waals surface area contributed by atoms with Crippen LogP contribution in [-0.4, -0.2) is 26.6 Å². The normalized spacial score (nSPS) is 16.7. The van der Waals surface area contributed by atoms with Crippen LogP contribution in [0.25, 0.3) is 0 Å². The van der Waals surface area contributed by atoms with Crippen LogP contribution in [-0.2, 0) is 4.79 Å². The van der Waals surface area contributed by atoms with Gasteiger partial charge in [-0.1, -0.05) is 6.07 Å². The highest BCUT2D eigenvalue weighted by Gasteiger charge is 2.22. The first kappa shape index (κ1) is 11.0. The molecule has 1 atom stereocenters. The summed E-state index contributed by atoms with van der Waals surface area (Å²) in [6.07, 6.45) is 0. The number of amides is 1. The Labute approximate surface area is 95.2 Å². The van der Waals surface area contributed by atoms with E-state index in [0.717, 1.165) is 17.0 Å². The Hall–Kier alpha value is -1.55. The summed E-state index contributed by atoms with van der Waals surface area (Å²) in [5.41, 5.74) is 1.99. The number of rotatable bonds is 2. The number of benzene rings is 1. The third-order valence-electron chi connectivity index (χ3n) is 3.00. The monoisotopic (exact) mass is 220 g/mol. The average Bonchev–Trinajstić information content (AvgIpc) is 2.32. The molecule has 0 saturated carbocycles. The zero-order valence-corrected chi connectivity index (χ0v) is 9.78. The molecule has 1 aromatic rings. The van der Waals surface area contributed by atoms with E-state index in [0.29, 0.717) is 0 Å². The average molecular weight is 220 g/mol. The maximum absolute atomic E-state index is 11.5. The number of ether oxygens (including phenoxy) is 1. The largest absolute Gasteiger partial charge is 0.482 e. The Morgan fingerprint density at radius 2 is 2.25 bits per heavy atom. The highest BCUT2D eigenvalue weighted by atomic mass is 16.5. The van der Waals surface area contributed by atoms with Crippen LogP contribution >= 0.6 is 0 Å². The summed E-state index contributed by atoms with van der Waals surface area (Å²) in [6, 6.07) is 6.19. The summed E-state index contributed by atoms with van der Waals surface area (Å²) < 4.78 is 5.36. The van der Waals surface area contributed by atoms with Crippen LogP contribution in [0.5, 0.6) is 5.75 Å². The minimum atomic E-state index is -0.0123. The van der Waals surface area contributed by atoms with Crippen LogP contribution in [0.3, 0.4) is 0 Å². The molecule has 1 unspecified atom stereocenters. The van der Waals surface area contributed by atoms with Crippen molar-refractivity contribution in [3.63, 3.8) is 0 Å². The van der Waals surface area contributed by atoms with Crippen molar-refractivity contribution in [1.29, 1.82) is 0 Å². The molecule has 0 radical (unpaired) electrons. The van der Waals surface area contributed by atoms with E-state index in [1.165, 1.54) is 0 Å². The Morgan fingerprint density at radius 3 is 2.94 bits per heavy atom. The number of nitrogens with zero attached hydrogens (tertiary/aromatic N) is 1. The van der Waals surface area contributed by atoms with Crippen LogP contribution in [0.2, 0.25) is 0 Å². The fraction of sp³-hybridized carbons (Fsp3) is 0.417. The molecule has 0 fully saturated rings. The summed E-state index contributed by atoms with van der Waals surface area (Å²) >= 11 is 0. The van der Waals surface area contributed by atoms with Gasteiger partial charge in [0, 0.05) is 13.1 Å². The second-order valence-electron chi connectivity index (χ2n) is 3.98. The quantitative estimate of drug-likeness (QED) is 0.817. The van der Waals surface area contributed by atoms with E-state index >= 15 is 0 Å². The predicted molar refractivity (Wildman–Crippen MR) is 62.8 cm³/mol. The number of anilines is 1. The Kier molecular flexibility index (Phi) is 2.83. The molecule has 0 aromatic heterocycles. The van der Waals surface area contributed by atoms with E-state index in [2.05, 4.69) is 12.2 Å². The fourth-order valence-corrected chi connectivity index (χ4v) is 1.73. The lowest BCUT2D eigenvalue weighted by atomic mass is 10.1. The molecule has 16 heavy (non-hydrogen) atoms.